The van der Waals surface area contributed by atoms with Gasteiger partial charge in [0.25, 0.3) is 0 Å². The van der Waals surface area contributed by atoms with Crippen LogP contribution in [0.5, 0.6) is 17.2 Å². The van der Waals surface area contributed by atoms with E-state index < -0.39 is 6.03 Å². The molecular weight excluding hydrogens is 346 g/mol. The molecule has 0 atom stereocenters. The molecule has 0 fully saturated rings. The maximum Gasteiger partial charge on any atom is 0.332 e. The van der Waals surface area contributed by atoms with Crippen molar-refractivity contribution >= 4 is 23.8 Å². The zero-order valence-corrected chi connectivity index (χ0v) is 14.3. The average Bonchev–Trinajstić information content (AvgIpc) is 2.60. The second kappa shape index (κ2) is 9.39. The van der Waals surface area contributed by atoms with E-state index in [1.807, 2.05) is 30.3 Å². The molecule has 2 amide bonds. The highest BCUT2D eigenvalue weighted by molar-refractivity contribution is 6.32. The van der Waals surface area contributed by atoms with Crippen LogP contribution in [0.4, 0.5) is 4.79 Å². The summed E-state index contributed by atoms with van der Waals surface area (Å²) in [5.74, 6) is 1.60. The van der Waals surface area contributed by atoms with Gasteiger partial charge in [-0.05, 0) is 29.8 Å². The van der Waals surface area contributed by atoms with Crippen LogP contribution in [0.1, 0.15) is 5.56 Å². The zero-order valence-electron chi connectivity index (χ0n) is 13.6. The minimum absolute atomic E-state index is 0.293. The highest BCUT2D eigenvalue weighted by Crippen LogP contribution is 2.36. The number of urea groups is 1. The van der Waals surface area contributed by atoms with Crippen LogP contribution >= 0.6 is 11.6 Å². The number of para-hydroxylation sites is 1. The van der Waals surface area contributed by atoms with Gasteiger partial charge in [-0.25, -0.2) is 10.2 Å². The van der Waals surface area contributed by atoms with Crippen molar-refractivity contribution in [1.29, 1.82) is 0 Å². The second-order valence-corrected chi connectivity index (χ2v) is 5.19. The van der Waals surface area contributed by atoms with E-state index in [0.717, 1.165) is 5.75 Å². The van der Waals surface area contributed by atoms with Gasteiger partial charge >= 0.3 is 6.03 Å². The number of ether oxygens (including phenoxy) is 3. The average molecular weight is 364 g/mol. The van der Waals surface area contributed by atoms with Gasteiger partial charge in [0.15, 0.2) is 11.5 Å². The fraction of sp³-hybridized carbons (Fsp3) is 0.176. The molecule has 0 aliphatic carbocycles. The summed E-state index contributed by atoms with van der Waals surface area (Å²) >= 11 is 6.23. The van der Waals surface area contributed by atoms with Gasteiger partial charge in [-0.1, -0.05) is 29.8 Å². The van der Waals surface area contributed by atoms with Crippen molar-refractivity contribution in [3.63, 3.8) is 0 Å². The highest BCUT2D eigenvalue weighted by atomic mass is 35.5. The minimum atomic E-state index is -0.757. The van der Waals surface area contributed by atoms with Gasteiger partial charge in [0.2, 0.25) is 0 Å². The molecule has 0 unspecified atom stereocenters. The Bertz CT molecular complexity index is 738. The Morgan fingerprint density at radius 1 is 1.24 bits per heavy atom. The van der Waals surface area contributed by atoms with Crippen LogP contribution in [0, 0.1) is 0 Å². The van der Waals surface area contributed by atoms with Gasteiger partial charge in [-0.15, -0.1) is 0 Å². The third kappa shape index (κ3) is 5.89. The van der Waals surface area contributed by atoms with Crippen molar-refractivity contribution in [3.05, 3.63) is 53.1 Å². The summed E-state index contributed by atoms with van der Waals surface area (Å²) in [5.41, 5.74) is 7.64. The van der Waals surface area contributed by atoms with Crippen LogP contribution in [-0.4, -0.2) is 32.6 Å². The highest BCUT2D eigenvalue weighted by Gasteiger charge is 2.11. The third-order valence-corrected chi connectivity index (χ3v) is 3.26. The summed E-state index contributed by atoms with van der Waals surface area (Å²) < 4.78 is 16.5. The number of hydrogen-bond acceptors (Lipinski definition) is 5. The molecule has 0 saturated carbocycles. The van der Waals surface area contributed by atoms with E-state index in [4.69, 9.17) is 31.5 Å². The molecule has 2 rings (SSSR count). The summed E-state index contributed by atoms with van der Waals surface area (Å²) in [6.07, 6.45) is 1.39. The molecule has 132 valence electrons. The van der Waals surface area contributed by atoms with Crippen molar-refractivity contribution < 1.29 is 19.0 Å². The number of hydrogen-bond donors (Lipinski definition) is 2. The maximum absolute atomic E-state index is 10.6. The Labute approximate surface area is 150 Å². The van der Waals surface area contributed by atoms with E-state index in [9.17, 15) is 4.79 Å². The van der Waals surface area contributed by atoms with E-state index in [-0.39, 0.29) is 0 Å². The van der Waals surface area contributed by atoms with Crippen LogP contribution < -0.4 is 25.4 Å². The predicted molar refractivity (Wildman–Crippen MR) is 95.7 cm³/mol. The fourth-order valence-corrected chi connectivity index (χ4v) is 2.22. The lowest BCUT2D eigenvalue weighted by Crippen LogP contribution is -2.24. The lowest BCUT2D eigenvalue weighted by atomic mass is 10.2. The number of nitrogens with one attached hydrogen (secondary N) is 1. The molecule has 0 bridgehead atoms. The first-order chi connectivity index (χ1) is 12.1. The van der Waals surface area contributed by atoms with E-state index in [1.54, 1.807) is 12.1 Å². The topological polar surface area (TPSA) is 95.2 Å². The van der Waals surface area contributed by atoms with Crippen LogP contribution in [0.3, 0.4) is 0 Å². The van der Waals surface area contributed by atoms with Crippen LogP contribution in [0.25, 0.3) is 0 Å². The number of primary amides is 1. The number of halogens is 1. The van der Waals surface area contributed by atoms with E-state index in [0.29, 0.717) is 35.3 Å². The molecule has 2 aromatic carbocycles. The predicted octanol–water partition coefficient (Wildman–Crippen LogP) is 2.81. The van der Waals surface area contributed by atoms with Gasteiger partial charge in [0.05, 0.1) is 18.3 Å². The fourth-order valence-electron chi connectivity index (χ4n) is 1.94. The van der Waals surface area contributed by atoms with E-state index in [1.165, 1.54) is 13.3 Å². The monoisotopic (exact) mass is 363 g/mol. The summed E-state index contributed by atoms with van der Waals surface area (Å²) in [5, 5.41) is 4.02. The molecule has 0 aliphatic heterocycles. The molecule has 0 saturated heterocycles. The SMILES string of the molecule is COc1cc(/C=N/NC(N)=O)cc(Cl)c1OCCOc1ccccc1. The number of benzene rings is 2. The Balaban J connectivity index is 1.97. The molecule has 3 N–H and O–H groups in total. The summed E-state index contributed by atoms with van der Waals surface area (Å²) in [4.78, 5) is 10.6. The maximum atomic E-state index is 10.6. The smallest absolute Gasteiger partial charge is 0.332 e. The molecular formula is C17H18ClN3O4. The molecule has 2 aromatic rings. The zero-order chi connectivity index (χ0) is 18.1. The first-order valence-electron chi connectivity index (χ1n) is 7.37. The lowest BCUT2D eigenvalue weighted by Gasteiger charge is -2.13. The Morgan fingerprint density at radius 3 is 2.64 bits per heavy atom. The van der Waals surface area contributed by atoms with Gasteiger partial charge in [0.1, 0.15) is 19.0 Å². The normalized spacial score (nSPS) is 10.5. The van der Waals surface area contributed by atoms with E-state index in [2.05, 4.69) is 10.5 Å². The number of nitrogens with two attached hydrogens (primary N) is 1. The number of carbonyl (C=O) groups is 1. The summed E-state index contributed by atoms with van der Waals surface area (Å²) in [6, 6.07) is 12.0. The standard InChI is InChI=1S/C17H18ClN3O4/c1-23-15-10-12(11-20-21-17(19)22)9-14(18)16(15)25-8-7-24-13-5-3-2-4-6-13/h2-6,9-11H,7-8H2,1H3,(H3,19,21,22)/b20-11+. The van der Waals surface area contributed by atoms with Gasteiger partial charge in [-0.3, -0.25) is 0 Å². The van der Waals surface area contributed by atoms with Crippen molar-refractivity contribution in [2.24, 2.45) is 10.8 Å². The summed E-state index contributed by atoms with van der Waals surface area (Å²) in [7, 11) is 1.50. The van der Waals surface area contributed by atoms with Crippen molar-refractivity contribution in [1.82, 2.24) is 5.43 Å². The molecule has 0 aromatic heterocycles. The number of hydrazone groups is 1. The number of carbonyl (C=O) groups excluding carboxylic acids is 1. The number of rotatable bonds is 8. The van der Waals surface area contributed by atoms with Crippen LogP contribution in [0.15, 0.2) is 47.6 Å². The molecule has 0 aliphatic rings. The summed E-state index contributed by atoms with van der Waals surface area (Å²) in [6.45, 7) is 0.650. The molecule has 8 heteroatoms. The van der Waals surface area contributed by atoms with Crippen LogP contribution in [0.2, 0.25) is 5.02 Å². The van der Waals surface area contributed by atoms with Gasteiger partial charge in [0, 0.05) is 0 Å². The largest absolute Gasteiger partial charge is 0.493 e. The minimum Gasteiger partial charge on any atom is -0.493 e. The van der Waals surface area contributed by atoms with Gasteiger partial charge in [-0.2, -0.15) is 5.10 Å². The molecule has 7 nitrogen and oxygen atoms in total. The Kier molecular flexibility index (Phi) is 6.91. The molecule has 0 spiro atoms. The first kappa shape index (κ1) is 18.4. The van der Waals surface area contributed by atoms with E-state index >= 15 is 0 Å². The van der Waals surface area contributed by atoms with Crippen molar-refractivity contribution in [3.8, 4) is 17.2 Å². The molecule has 0 heterocycles. The number of methoxy groups -OCH3 is 1. The van der Waals surface area contributed by atoms with Gasteiger partial charge < -0.3 is 19.9 Å². The Hall–Kier alpha value is -2.93. The molecule has 0 radical (unpaired) electrons. The van der Waals surface area contributed by atoms with Crippen molar-refractivity contribution in [2.45, 2.75) is 0 Å². The first-order valence-corrected chi connectivity index (χ1v) is 7.74. The molecule has 25 heavy (non-hydrogen) atoms. The quantitative estimate of drug-likeness (QED) is 0.428. The Morgan fingerprint density at radius 2 is 1.96 bits per heavy atom. The third-order valence-electron chi connectivity index (χ3n) is 2.98. The number of amides is 2. The number of nitrogens with zero attached hydrogens (tertiary/aromatic N) is 1. The lowest BCUT2D eigenvalue weighted by molar-refractivity contribution is 0.211. The van der Waals surface area contributed by atoms with Crippen molar-refractivity contribution in [2.75, 3.05) is 20.3 Å². The van der Waals surface area contributed by atoms with Crippen LogP contribution in [-0.2, 0) is 0 Å². The second-order valence-electron chi connectivity index (χ2n) is 4.78.